The lowest BCUT2D eigenvalue weighted by molar-refractivity contribution is -0.123. The second-order valence-electron chi connectivity index (χ2n) is 8.78. The number of carbonyl (C=O) groups excluding carboxylic acids is 3. The standard InChI is InChI=1S/C30H29N3O7/c1-17(29(35)32-21-12-10-20(11-13-21)31-18(2)34)40-30(36)23-16-25(33-24-9-7-6-8-22(23)24)19-14-26(37-3)28(39-5)27(15-19)38-4/h6-17H,1-5H3,(H,31,34)(H,32,35)/t17-/m0/s1. The number of methoxy groups -OCH3 is 3. The quantitative estimate of drug-likeness (QED) is 0.280. The van der Waals surface area contributed by atoms with Crippen molar-refractivity contribution in [3.05, 3.63) is 72.3 Å². The van der Waals surface area contributed by atoms with Crippen molar-refractivity contribution < 1.29 is 33.3 Å². The Labute approximate surface area is 231 Å². The molecule has 2 N–H and O–H groups in total. The maximum Gasteiger partial charge on any atom is 0.339 e. The number of esters is 1. The lowest BCUT2D eigenvalue weighted by Crippen LogP contribution is -2.30. The Morgan fingerprint density at radius 1 is 0.800 bits per heavy atom. The highest BCUT2D eigenvalue weighted by Crippen LogP contribution is 2.41. The van der Waals surface area contributed by atoms with Gasteiger partial charge in [-0.05, 0) is 55.5 Å². The van der Waals surface area contributed by atoms with Gasteiger partial charge in [0.2, 0.25) is 11.7 Å². The van der Waals surface area contributed by atoms with Crippen molar-refractivity contribution in [2.24, 2.45) is 0 Å². The van der Waals surface area contributed by atoms with Crippen LogP contribution >= 0.6 is 0 Å². The fourth-order valence-corrected chi connectivity index (χ4v) is 4.08. The number of hydrogen-bond acceptors (Lipinski definition) is 8. The van der Waals surface area contributed by atoms with E-state index in [1.165, 1.54) is 35.2 Å². The molecule has 206 valence electrons. The highest BCUT2D eigenvalue weighted by atomic mass is 16.5. The molecule has 0 aliphatic rings. The van der Waals surface area contributed by atoms with E-state index in [1.54, 1.807) is 60.7 Å². The lowest BCUT2D eigenvalue weighted by Gasteiger charge is -2.16. The molecule has 0 fully saturated rings. The first-order valence-electron chi connectivity index (χ1n) is 12.3. The maximum absolute atomic E-state index is 13.4. The van der Waals surface area contributed by atoms with Crippen LogP contribution in [0.25, 0.3) is 22.2 Å². The maximum atomic E-state index is 13.4. The Morgan fingerprint density at radius 3 is 1.98 bits per heavy atom. The van der Waals surface area contributed by atoms with Gasteiger partial charge in [-0.1, -0.05) is 18.2 Å². The number of fused-ring (bicyclic) bond motifs is 1. The monoisotopic (exact) mass is 543 g/mol. The lowest BCUT2D eigenvalue weighted by atomic mass is 10.0. The zero-order valence-corrected chi connectivity index (χ0v) is 22.7. The van der Waals surface area contributed by atoms with Crippen LogP contribution in [0.2, 0.25) is 0 Å². The van der Waals surface area contributed by atoms with E-state index in [0.29, 0.717) is 50.8 Å². The molecular formula is C30H29N3O7. The van der Waals surface area contributed by atoms with Gasteiger partial charge in [-0.3, -0.25) is 9.59 Å². The van der Waals surface area contributed by atoms with Crippen LogP contribution in [0.5, 0.6) is 17.2 Å². The molecule has 10 heteroatoms. The van der Waals surface area contributed by atoms with Crippen LogP contribution in [-0.2, 0) is 14.3 Å². The SMILES string of the molecule is COc1cc(-c2cc(C(=O)O[C@@H](C)C(=O)Nc3ccc(NC(C)=O)cc3)c3ccccc3n2)cc(OC)c1OC. The molecule has 40 heavy (non-hydrogen) atoms. The van der Waals surface area contributed by atoms with E-state index >= 15 is 0 Å². The van der Waals surface area contributed by atoms with Crippen LogP contribution in [0.4, 0.5) is 11.4 Å². The van der Waals surface area contributed by atoms with Gasteiger partial charge in [-0.15, -0.1) is 0 Å². The zero-order chi connectivity index (χ0) is 28.8. The van der Waals surface area contributed by atoms with Crippen molar-refractivity contribution >= 4 is 40.1 Å². The molecule has 1 heterocycles. The number of benzene rings is 3. The number of hydrogen-bond donors (Lipinski definition) is 2. The average molecular weight is 544 g/mol. The number of nitrogens with one attached hydrogen (secondary N) is 2. The van der Waals surface area contributed by atoms with Crippen molar-refractivity contribution in [3.63, 3.8) is 0 Å². The minimum absolute atomic E-state index is 0.200. The van der Waals surface area contributed by atoms with Gasteiger partial charge in [-0.25, -0.2) is 9.78 Å². The number of rotatable bonds is 9. The van der Waals surface area contributed by atoms with Crippen molar-refractivity contribution in [2.75, 3.05) is 32.0 Å². The summed E-state index contributed by atoms with van der Waals surface area (Å²) in [4.78, 5) is 42.1. The predicted molar refractivity (Wildman–Crippen MR) is 151 cm³/mol. The van der Waals surface area contributed by atoms with Crippen LogP contribution in [0.15, 0.2) is 66.7 Å². The summed E-state index contributed by atoms with van der Waals surface area (Å²) in [5.74, 6) is -0.0920. The molecule has 4 aromatic rings. The molecule has 3 aromatic carbocycles. The minimum Gasteiger partial charge on any atom is -0.493 e. The summed E-state index contributed by atoms with van der Waals surface area (Å²) in [7, 11) is 4.55. The third kappa shape index (κ3) is 6.12. The van der Waals surface area contributed by atoms with E-state index in [0.717, 1.165) is 0 Å². The summed E-state index contributed by atoms with van der Waals surface area (Å²) in [5.41, 5.74) is 2.99. The fraction of sp³-hybridized carbons (Fsp3) is 0.200. The fourth-order valence-electron chi connectivity index (χ4n) is 4.08. The molecule has 0 aliphatic heterocycles. The molecular weight excluding hydrogens is 514 g/mol. The number of amides is 2. The van der Waals surface area contributed by atoms with Crippen LogP contribution in [0, 0.1) is 0 Å². The summed E-state index contributed by atoms with van der Waals surface area (Å²) >= 11 is 0. The highest BCUT2D eigenvalue weighted by Gasteiger charge is 2.23. The number of ether oxygens (including phenoxy) is 4. The second kappa shape index (κ2) is 12.2. The summed E-state index contributed by atoms with van der Waals surface area (Å²) in [5, 5.41) is 5.94. The summed E-state index contributed by atoms with van der Waals surface area (Å²) in [6.45, 7) is 2.90. The van der Waals surface area contributed by atoms with Gasteiger partial charge >= 0.3 is 5.97 Å². The molecule has 10 nitrogen and oxygen atoms in total. The highest BCUT2D eigenvalue weighted by molar-refractivity contribution is 6.06. The molecule has 1 atom stereocenters. The van der Waals surface area contributed by atoms with E-state index in [-0.39, 0.29) is 11.5 Å². The molecule has 0 unspecified atom stereocenters. The minimum atomic E-state index is -1.10. The largest absolute Gasteiger partial charge is 0.493 e. The smallest absolute Gasteiger partial charge is 0.339 e. The van der Waals surface area contributed by atoms with Crippen molar-refractivity contribution in [2.45, 2.75) is 20.0 Å². The molecule has 0 bridgehead atoms. The van der Waals surface area contributed by atoms with Crippen LogP contribution in [-0.4, -0.2) is 50.2 Å². The zero-order valence-electron chi connectivity index (χ0n) is 22.7. The average Bonchev–Trinajstić information content (AvgIpc) is 2.96. The van der Waals surface area contributed by atoms with Gasteiger partial charge in [0.05, 0.1) is 38.1 Å². The second-order valence-corrected chi connectivity index (χ2v) is 8.78. The molecule has 2 amide bonds. The Kier molecular flexibility index (Phi) is 8.48. The van der Waals surface area contributed by atoms with Crippen LogP contribution in [0.3, 0.4) is 0 Å². The molecule has 0 spiro atoms. The first-order valence-corrected chi connectivity index (χ1v) is 12.3. The predicted octanol–water partition coefficient (Wildman–Crippen LogP) is 5.07. The van der Waals surface area contributed by atoms with Crippen molar-refractivity contribution in [3.8, 4) is 28.5 Å². The number of pyridine rings is 1. The van der Waals surface area contributed by atoms with Gasteiger partial charge in [0.15, 0.2) is 17.6 Å². The van der Waals surface area contributed by atoms with Gasteiger partial charge < -0.3 is 29.6 Å². The third-order valence-electron chi connectivity index (χ3n) is 6.02. The van der Waals surface area contributed by atoms with Gasteiger partial charge in [0.25, 0.3) is 5.91 Å². The summed E-state index contributed by atoms with van der Waals surface area (Å²) in [6.07, 6.45) is -1.10. The molecule has 1 aromatic heterocycles. The molecule has 0 saturated heterocycles. The van der Waals surface area contributed by atoms with E-state index in [1.807, 2.05) is 6.07 Å². The first-order chi connectivity index (χ1) is 19.2. The van der Waals surface area contributed by atoms with E-state index in [9.17, 15) is 14.4 Å². The Morgan fingerprint density at radius 2 is 1.40 bits per heavy atom. The van der Waals surface area contributed by atoms with Crippen molar-refractivity contribution in [1.82, 2.24) is 4.98 Å². The molecule has 0 saturated carbocycles. The third-order valence-corrected chi connectivity index (χ3v) is 6.02. The van der Waals surface area contributed by atoms with Gasteiger partial charge in [-0.2, -0.15) is 0 Å². The van der Waals surface area contributed by atoms with Gasteiger partial charge in [0, 0.05) is 29.2 Å². The van der Waals surface area contributed by atoms with Crippen LogP contribution in [0.1, 0.15) is 24.2 Å². The van der Waals surface area contributed by atoms with Crippen LogP contribution < -0.4 is 24.8 Å². The number of carbonyl (C=O) groups is 3. The summed E-state index contributed by atoms with van der Waals surface area (Å²) < 4.78 is 21.9. The summed E-state index contributed by atoms with van der Waals surface area (Å²) in [6, 6.07) is 18.8. The van der Waals surface area contributed by atoms with E-state index in [4.69, 9.17) is 23.9 Å². The number of para-hydroxylation sites is 1. The first kappa shape index (κ1) is 27.9. The molecule has 0 radical (unpaired) electrons. The number of aromatic nitrogens is 1. The topological polar surface area (TPSA) is 125 Å². The van der Waals surface area contributed by atoms with E-state index in [2.05, 4.69) is 10.6 Å². The normalized spacial score (nSPS) is 11.3. The van der Waals surface area contributed by atoms with Crippen molar-refractivity contribution in [1.29, 1.82) is 0 Å². The Bertz CT molecular complexity index is 1540. The number of anilines is 2. The Hall–Kier alpha value is -5.12. The Balaban J connectivity index is 1.61. The number of nitrogens with zero attached hydrogens (tertiary/aromatic N) is 1. The van der Waals surface area contributed by atoms with Gasteiger partial charge in [0.1, 0.15) is 0 Å². The van der Waals surface area contributed by atoms with E-state index < -0.39 is 18.0 Å². The molecule has 0 aliphatic carbocycles. The molecule has 4 rings (SSSR count).